The number of hydrogen-bond acceptors (Lipinski definition) is 4. The molecule has 0 radical (unpaired) electrons. The van der Waals surface area contributed by atoms with E-state index in [4.69, 9.17) is 0 Å². The van der Waals surface area contributed by atoms with Crippen molar-refractivity contribution in [1.82, 2.24) is 9.88 Å². The zero-order valence-corrected chi connectivity index (χ0v) is 11.4. The molecule has 0 saturated heterocycles. The van der Waals surface area contributed by atoms with E-state index in [1.807, 2.05) is 44.4 Å². The van der Waals surface area contributed by atoms with Gasteiger partial charge in [-0.25, -0.2) is 4.98 Å². The molecule has 0 aliphatic rings. The number of hydrogen-bond donors (Lipinski definition) is 0. The Morgan fingerprint density at radius 2 is 2.11 bits per heavy atom. The molecular formula is C14H16N2OS. The predicted octanol–water partition coefficient (Wildman–Crippen LogP) is 2.70. The third-order valence-electron chi connectivity index (χ3n) is 2.62. The smallest absolute Gasteiger partial charge is 0.152 e. The van der Waals surface area contributed by atoms with Crippen LogP contribution in [0.15, 0.2) is 35.4 Å². The molecule has 2 rings (SSSR count). The summed E-state index contributed by atoms with van der Waals surface area (Å²) in [5, 5.41) is 1.84. The minimum Gasteiger partial charge on any atom is -0.309 e. The number of benzene rings is 1. The molecule has 0 aliphatic carbocycles. The monoisotopic (exact) mass is 260 g/mol. The number of aldehydes is 1. The summed E-state index contributed by atoms with van der Waals surface area (Å²) < 4.78 is 0. The highest BCUT2D eigenvalue weighted by atomic mass is 32.2. The van der Waals surface area contributed by atoms with E-state index in [1.165, 1.54) is 0 Å². The van der Waals surface area contributed by atoms with E-state index >= 15 is 0 Å². The number of nitrogens with zero attached hydrogens (tertiary/aromatic N) is 2. The highest BCUT2D eigenvalue weighted by Gasteiger charge is 2.06. The predicted molar refractivity (Wildman–Crippen MR) is 76.4 cm³/mol. The van der Waals surface area contributed by atoms with Crippen molar-refractivity contribution in [3.63, 3.8) is 0 Å². The Labute approximate surface area is 111 Å². The van der Waals surface area contributed by atoms with Gasteiger partial charge in [-0.3, -0.25) is 4.79 Å². The van der Waals surface area contributed by atoms with E-state index in [-0.39, 0.29) is 0 Å². The van der Waals surface area contributed by atoms with E-state index in [9.17, 15) is 4.79 Å². The summed E-state index contributed by atoms with van der Waals surface area (Å²) >= 11 is 1.63. The van der Waals surface area contributed by atoms with E-state index in [1.54, 1.807) is 11.8 Å². The highest BCUT2D eigenvalue weighted by Crippen LogP contribution is 2.23. The number of fused-ring (bicyclic) bond motifs is 1. The van der Waals surface area contributed by atoms with Crippen LogP contribution in [0.2, 0.25) is 0 Å². The van der Waals surface area contributed by atoms with E-state index in [0.29, 0.717) is 5.56 Å². The Morgan fingerprint density at radius 3 is 2.83 bits per heavy atom. The fourth-order valence-electron chi connectivity index (χ4n) is 1.64. The van der Waals surface area contributed by atoms with Gasteiger partial charge < -0.3 is 4.90 Å². The average molecular weight is 260 g/mol. The molecule has 1 heterocycles. The molecule has 0 atom stereocenters. The van der Waals surface area contributed by atoms with Crippen molar-refractivity contribution < 1.29 is 4.79 Å². The number of carbonyl (C=O) groups is 1. The molecule has 0 fully saturated rings. The molecule has 1 aromatic heterocycles. The fourth-order valence-corrected chi connectivity index (χ4v) is 2.73. The van der Waals surface area contributed by atoms with Gasteiger partial charge in [0, 0.05) is 23.2 Å². The lowest BCUT2D eigenvalue weighted by molar-refractivity contribution is 0.112. The van der Waals surface area contributed by atoms with Crippen LogP contribution in [0.25, 0.3) is 10.9 Å². The summed E-state index contributed by atoms with van der Waals surface area (Å²) in [5.41, 5.74) is 1.62. The molecule has 0 amide bonds. The normalized spacial score (nSPS) is 11.1. The first-order valence-electron chi connectivity index (χ1n) is 5.83. The second-order valence-electron chi connectivity index (χ2n) is 4.35. The van der Waals surface area contributed by atoms with Crippen LogP contribution in [0.5, 0.6) is 0 Å². The third kappa shape index (κ3) is 3.09. The van der Waals surface area contributed by atoms with Crippen molar-refractivity contribution in [3.8, 4) is 0 Å². The quantitative estimate of drug-likeness (QED) is 0.611. The number of pyridine rings is 1. The number of thioether (sulfide) groups is 1. The first-order chi connectivity index (χ1) is 8.70. The molecule has 0 N–H and O–H groups in total. The molecule has 94 valence electrons. The lowest BCUT2D eigenvalue weighted by atomic mass is 10.2. The van der Waals surface area contributed by atoms with Gasteiger partial charge in [-0.2, -0.15) is 0 Å². The molecular weight excluding hydrogens is 244 g/mol. The zero-order valence-electron chi connectivity index (χ0n) is 10.6. The topological polar surface area (TPSA) is 33.2 Å². The molecule has 18 heavy (non-hydrogen) atoms. The third-order valence-corrected chi connectivity index (χ3v) is 3.61. The molecule has 1 aromatic carbocycles. The maximum absolute atomic E-state index is 11.1. The Kier molecular flexibility index (Phi) is 4.33. The van der Waals surface area contributed by atoms with E-state index in [2.05, 4.69) is 9.88 Å². The summed E-state index contributed by atoms with van der Waals surface area (Å²) in [6, 6.07) is 9.78. The summed E-state index contributed by atoms with van der Waals surface area (Å²) in [7, 11) is 4.07. The lowest BCUT2D eigenvalue weighted by Crippen LogP contribution is -2.14. The fraction of sp³-hybridized carbons (Fsp3) is 0.286. The minimum absolute atomic E-state index is 0.678. The van der Waals surface area contributed by atoms with Crippen LogP contribution in [0.4, 0.5) is 0 Å². The van der Waals surface area contributed by atoms with Gasteiger partial charge >= 0.3 is 0 Å². The summed E-state index contributed by atoms with van der Waals surface area (Å²) in [6.45, 7) is 0.970. The van der Waals surface area contributed by atoms with Crippen LogP contribution in [0.1, 0.15) is 10.4 Å². The van der Waals surface area contributed by atoms with Gasteiger partial charge in [0.05, 0.1) is 5.52 Å². The molecule has 4 heteroatoms. The maximum atomic E-state index is 11.1. The SMILES string of the molecule is CN(C)CCSc1nc2ccccc2cc1C=O. The molecule has 0 bridgehead atoms. The van der Waals surface area contributed by atoms with Crippen LogP contribution in [0.3, 0.4) is 0 Å². The second-order valence-corrected chi connectivity index (χ2v) is 5.43. The molecule has 0 saturated carbocycles. The van der Waals surface area contributed by atoms with Crippen molar-refractivity contribution in [2.75, 3.05) is 26.4 Å². The van der Waals surface area contributed by atoms with Gasteiger partial charge in [0.1, 0.15) is 5.03 Å². The van der Waals surface area contributed by atoms with Crippen LogP contribution in [-0.4, -0.2) is 42.6 Å². The minimum atomic E-state index is 0.678. The van der Waals surface area contributed by atoms with Crippen molar-refractivity contribution in [2.24, 2.45) is 0 Å². The summed E-state index contributed by atoms with van der Waals surface area (Å²) in [6.07, 6.45) is 0.886. The summed E-state index contributed by atoms with van der Waals surface area (Å²) in [5.74, 6) is 0.930. The van der Waals surface area contributed by atoms with Gasteiger partial charge in [-0.15, -0.1) is 11.8 Å². The van der Waals surface area contributed by atoms with Crippen molar-refractivity contribution in [1.29, 1.82) is 0 Å². The van der Waals surface area contributed by atoms with Gasteiger partial charge in [-0.1, -0.05) is 18.2 Å². The van der Waals surface area contributed by atoms with Gasteiger partial charge in [0.2, 0.25) is 0 Å². The Bertz CT molecular complexity index is 554. The molecule has 0 unspecified atom stereocenters. The number of rotatable bonds is 5. The number of aromatic nitrogens is 1. The number of carbonyl (C=O) groups excluding carboxylic acids is 1. The van der Waals surface area contributed by atoms with Crippen LogP contribution in [0, 0.1) is 0 Å². The molecule has 0 aliphatic heterocycles. The Balaban J connectivity index is 2.27. The number of para-hydroxylation sites is 1. The van der Waals surface area contributed by atoms with Crippen molar-refractivity contribution in [2.45, 2.75) is 5.03 Å². The van der Waals surface area contributed by atoms with E-state index < -0.39 is 0 Å². The van der Waals surface area contributed by atoms with Crippen LogP contribution in [-0.2, 0) is 0 Å². The van der Waals surface area contributed by atoms with Crippen LogP contribution >= 0.6 is 11.8 Å². The largest absolute Gasteiger partial charge is 0.309 e. The Morgan fingerprint density at radius 1 is 1.33 bits per heavy atom. The highest BCUT2D eigenvalue weighted by molar-refractivity contribution is 7.99. The van der Waals surface area contributed by atoms with Gasteiger partial charge in [0.15, 0.2) is 6.29 Å². The standard InChI is InChI=1S/C14H16N2OS/c1-16(2)7-8-18-14-12(10-17)9-11-5-3-4-6-13(11)15-14/h3-6,9-10H,7-8H2,1-2H3. The molecule has 2 aromatic rings. The van der Waals surface area contributed by atoms with E-state index in [0.717, 1.165) is 34.5 Å². The lowest BCUT2D eigenvalue weighted by Gasteiger charge is -2.10. The maximum Gasteiger partial charge on any atom is 0.152 e. The van der Waals surface area contributed by atoms with Gasteiger partial charge in [0.25, 0.3) is 0 Å². The van der Waals surface area contributed by atoms with Crippen molar-refractivity contribution >= 4 is 29.0 Å². The first kappa shape index (κ1) is 13.1. The Hall–Kier alpha value is -1.39. The average Bonchev–Trinajstić information content (AvgIpc) is 2.37. The zero-order chi connectivity index (χ0) is 13.0. The molecule has 3 nitrogen and oxygen atoms in total. The van der Waals surface area contributed by atoms with Crippen molar-refractivity contribution in [3.05, 3.63) is 35.9 Å². The first-order valence-corrected chi connectivity index (χ1v) is 6.82. The molecule has 0 spiro atoms. The second kappa shape index (κ2) is 5.98. The summed E-state index contributed by atoms with van der Waals surface area (Å²) in [4.78, 5) is 17.8. The van der Waals surface area contributed by atoms with Crippen LogP contribution < -0.4 is 0 Å². The van der Waals surface area contributed by atoms with Gasteiger partial charge in [-0.05, 0) is 26.2 Å².